The molecule has 9 rings (SSSR count). The van der Waals surface area contributed by atoms with E-state index in [-0.39, 0.29) is 49.4 Å². The molecule has 6 heterocycles. The number of methoxy groups -OCH3 is 3. The molecule has 3 N–H and O–H groups in total. The quantitative estimate of drug-likeness (QED) is 0.137. The Bertz CT molecular complexity index is 2420. The molecule has 322 valence electrons. The van der Waals surface area contributed by atoms with E-state index in [1.165, 1.54) is 28.3 Å². The highest BCUT2D eigenvalue weighted by molar-refractivity contribution is 5.95. The summed E-state index contributed by atoms with van der Waals surface area (Å²) in [5.74, 6) is -2.26. The van der Waals surface area contributed by atoms with Gasteiger partial charge in [0.1, 0.15) is 23.3 Å². The molecule has 2 saturated heterocycles. The van der Waals surface area contributed by atoms with Crippen LogP contribution in [0, 0.1) is 11.3 Å². The molecule has 5 aliphatic heterocycles. The molecule has 60 heavy (non-hydrogen) atoms. The summed E-state index contributed by atoms with van der Waals surface area (Å²) < 4.78 is 50.6. The first kappa shape index (κ1) is 37.3. The van der Waals surface area contributed by atoms with Crippen molar-refractivity contribution in [1.29, 1.82) is 0 Å². The Labute approximate surface area is 356 Å². The van der Waals surface area contributed by atoms with Gasteiger partial charge in [0, 0.05) is 83.6 Å². The Hall–Kier alpha value is -4.43. The molecular weight excluding hydrogens is 765 g/mol. The van der Waals surface area contributed by atoms with Crippen molar-refractivity contribution in [1.82, 2.24) is 9.88 Å². The van der Waals surface area contributed by atoms with Crippen LogP contribution in [0.1, 0.15) is 79.4 Å². The molecule has 13 heteroatoms. The fraction of sp³-hybridized carbons (Fsp3) is 0.596. The standard InChI is InChI=1S/C47H61N4O9/c1-9-43(55)24-29-25-46(41(53)58-7,37-31(16-21-51(5,26-29)27-43)30-14-11-12-15-34(30)48-37)33-22-32-35(23-36(33)57-6)49(4)39-45(32)18-20-50-19-13-17-44(10-2,38(45)50)40(60-28(3)52)47(39,56)42(54)59-8/h11-15,17,22-23,29,38-40,48,55-56H,9-10,16,18-21,24-27H2,1-8H3/q+1/t29-,38+,39-,40-,43+,44-,45-,46+,47+,51-/m1/s1/i5D3. The number of fused-ring (bicyclic) bond motifs is 6. The average Bonchev–Trinajstić information content (AvgIpc) is 3.92. The van der Waals surface area contributed by atoms with Crippen LogP contribution in [-0.2, 0) is 45.8 Å². The lowest BCUT2D eigenvalue weighted by Crippen LogP contribution is -2.81. The van der Waals surface area contributed by atoms with Gasteiger partial charge in [0.25, 0.3) is 0 Å². The second-order valence-corrected chi connectivity index (χ2v) is 18.7. The molecule has 3 aromatic rings. The molecule has 1 spiro atoms. The summed E-state index contributed by atoms with van der Waals surface area (Å²) in [6.07, 6.45) is 4.61. The first-order valence-corrected chi connectivity index (χ1v) is 21.4. The zero-order chi connectivity index (χ0) is 45.3. The average molecular weight is 829 g/mol. The van der Waals surface area contributed by atoms with Crippen molar-refractivity contribution in [2.45, 2.75) is 99.5 Å². The number of carbonyl (C=O) groups is 3. The number of aliphatic hydroxyl groups is 2. The van der Waals surface area contributed by atoms with Crippen molar-refractivity contribution in [3.05, 3.63) is 70.9 Å². The largest absolute Gasteiger partial charge is 0.496 e. The van der Waals surface area contributed by atoms with Crippen LogP contribution in [0.5, 0.6) is 5.75 Å². The number of likely N-dealkylation sites (N-methyl/N-ethyl adjacent to an activating group) is 2. The second kappa shape index (κ2) is 13.8. The lowest BCUT2D eigenvalue weighted by Gasteiger charge is -2.63. The van der Waals surface area contributed by atoms with E-state index in [1.54, 1.807) is 0 Å². The molecule has 2 bridgehead atoms. The number of aromatic nitrogens is 1. The van der Waals surface area contributed by atoms with Gasteiger partial charge >= 0.3 is 17.9 Å². The van der Waals surface area contributed by atoms with E-state index in [0.717, 1.165) is 22.0 Å². The van der Waals surface area contributed by atoms with Crippen LogP contribution >= 0.6 is 0 Å². The number of ether oxygens (including phenoxy) is 4. The highest BCUT2D eigenvalue weighted by Crippen LogP contribution is 2.68. The Morgan fingerprint density at radius 1 is 1.02 bits per heavy atom. The Morgan fingerprint density at radius 3 is 2.47 bits per heavy atom. The summed E-state index contributed by atoms with van der Waals surface area (Å²) in [5.41, 5.74) is -3.27. The van der Waals surface area contributed by atoms with E-state index >= 15 is 4.79 Å². The lowest BCUT2D eigenvalue weighted by molar-refractivity contribution is -0.924. The maximum absolute atomic E-state index is 15.5. The van der Waals surface area contributed by atoms with Crippen molar-refractivity contribution in [3.8, 4) is 5.75 Å². The van der Waals surface area contributed by atoms with E-state index in [0.29, 0.717) is 55.0 Å². The highest BCUT2D eigenvalue weighted by atomic mass is 16.6. The Kier molecular flexibility index (Phi) is 8.58. The van der Waals surface area contributed by atoms with Gasteiger partial charge in [0.15, 0.2) is 6.10 Å². The second-order valence-electron chi connectivity index (χ2n) is 18.7. The molecule has 3 fully saturated rings. The molecule has 2 aromatic carbocycles. The fourth-order valence-corrected chi connectivity index (χ4v) is 13.8. The molecular formula is C47H61N4O9+. The minimum Gasteiger partial charge on any atom is -0.496 e. The normalized spacial score (nSPS) is 38.8. The summed E-state index contributed by atoms with van der Waals surface area (Å²) in [7, 11) is 5.95. The van der Waals surface area contributed by atoms with Gasteiger partial charge in [-0.3, -0.25) is 14.5 Å². The summed E-state index contributed by atoms with van der Waals surface area (Å²) in [4.78, 5) is 50.9. The minimum absolute atomic E-state index is 0.0563. The number of hydrogen-bond donors (Lipinski definition) is 3. The van der Waals surface area contributed by atoms with Crippen molar-refractivity contribution in [2.24, 2.45) is 11.3 Å². The number of para-hydroxylation sites is 1. The molecule has 0 amide bonds. The number of rotatable bonds is 7. The van der Waals surface area contributed by atoms with E-state index in [9.17, 15) is 19.8 Å². The number of piperidine rings is 1. The third-order valence-electron chi connectivity index (χ3n) is 15.9. The molecule has 6 aliphatic rings. The van der Waals surface area contributed by atoms with Crippen LogP contribution in [0.15, 0.2) is 48.6 Å². The monoisotopic (exact) mass is 828 g/mol. The van der Waals surface area contributed by atoms with Gasteiger partial charge in [-0.15, -0.1) is 0 Å². The van der Waals surface area contributed by atoms with Crippen molar-refractivity contribution in [3.63, 3.8) is 0 Å². The maximum atomic E-state index is 15.5. The lowest BCUT2D eigenvalue weighted by atomic mass is 9.47. The van der Waals surface area contributed by atoms with Crippen LogP contribution in [0.2, 0.25) is 0 Å². The summed E-state index contributed by atoms with van der Waals surface area (Å²) in [6.45, 7) is 4.34. The number of H-pyrrole nitrogens is 1. The van der Waals surface area contributed by atoms with Crippen LogP contribution in [0.3, 0.4) is 0 Å². The molecule has 0 unspecified atom stereocenters. The van der Waals surface area contributed by atoms with Crippen LogP contribution in [-0.4, -0.2) is 140 Å². The van der Waals surface area contributed by atoms with Gasteiger partial charge in [0.2, 0.25) is 5.60 Å². The smallest absolute Gasteiger partial charge is 0.344 e. The number of esters is 3. The number of quaternary nitrogens is 1. The maximum Gasteiger partial charge on any atom is 0.344 e. The van der Waals surface area contributed by atoms with Crippen LogP contribution < -0.4 is 9.64 Å². The third kappa shape index (κ3) is 5.21. The van der Waals surface area contributed by atoms with Gasteiger partial charge in [-0.1, -0.05) is 44.2 Å². The SMILES string of the molecule is [2H]C([2H])([2H])[N@+]12CCc3c([nH]c4ccccc34)[C@@](C(=O)OC)(c3cc4c(cc3OC)N(C)[C@H]3[C@@](O)(C(=O)OC)[C@H](OC(C)=O)[C@]5(CC)C=CCN6CC[C@]43[C@@H]65)C[C@@H](C[C@@](O)(CC)C1)C2. The van der Waals surface area contributed by atoms with Crippen molar-refractivity contribution < 1.29 is 52.1 Å². The molecule has 10 atom stereocenters. The zero-order valence-corrected chi connectivity index (χ0v) is 35.8. The van der Waals surface area contributed by atoms with Gasteiger partial charge in [-0.2, -0.15) is 0 Å². The number of aromatic amines is 1. The van der Waals surface area contributed by atoms with Gasteiger partial charge < -0.3 is 43.5 Å². The molecule has 1 aromatic heterocycles. The molecule has 1 aliphatic carbocycles. The number of nitrogens with zero attached hydrogens (tertiary/aromatic N) is 3. The van der Waals surface area contributed by atoms with E-state index < -0.39 is 70.4 Å². The van der Waals surface area contributed by atoms with Crippen LogP contribution in [0.4, 0.5) is 5.69 Å². The fourth-order valence-electron chi connectivity index (χ4n) is 13.8. The minimum atomic E-state index is -2.47. The number of hydrogen-bond acceptors (Lipinski definition) is 11. The van der Waals surface area contributed by atoms with E-state index in [2.05, 4.69) is 9.88 Å². The van der Waals surface area contributed by atoms with E-state index in [1.807, 2.05) is 74.3 Å². The number of nitrogens with one attached hydrogen (secondary N) is 1. The van der Waals surface area contributed by atoms with Crippen LogP contribution in [0.25, 0.3) is 10.9 Å². The summed E-state index contributed by atoms with van der Waals surface area (Å²) >= 11 is 0. The van der Waals surface area contributed by atoms with Crippen molar-refractivity contribution >= 4 is 34.5 Å². The summed E-state index contributed by atoms with van der Waals surface area (Å²) in [5, 5.41) is 26.5. The summed E-state index contributed by atoms with van der Waals surface area (Å²) in [6, 6.07) is 10.3. The van der Waals surface area contributed by atoms with Gasteiger partial charge in [0.05, 0.1) is 51.5 Å². The Morgan fingerprint density at radius 2 is 1.78 bits per heavy atom. The number of carbonyl (C=O) groups excluding carboxylic acids is 3. The molecule has 0 radical (unpaired) electrons. The van der Waals surface area contributed by atoms with Crippen molar-refractivity contribution in [2.75, 3.05) is 73.0 Å². The molecule has 1 saturated carbocycles. The predicted molar refractivity (Wildman–Crippen MR) is 225 cm³/mol. The third-order valence-corrected chi connectivity index (χ3v) is 15.9. The zero-order valence-electron chi connectivity index (χ0n) is 38.8. The van der Waals surface area contributed by atoms with Gasteiger partial charge in [-0.25, -0.2) is 4.79 Å². The Balaban J connectivity index is 1.37. The topological polar surface area (TPSA) is 151 Å². The first-order valence-electron chi connectivity index (χ1n) is 22.9. The first-order chi connectivity index (χ1) is 29.8. The number of benzene rings is 2. The number of anilines is 1. The van der Waals surface area contributed by atoms with E-state index in [4.69, 9.17) is 23.1 Å². The van der Waals surface area contributed by atoms with Gasteiger partial charge in [-0.05, 0) is 61.9 Å². The molecule has 13 nitrogen and oxygen atoms in total. The highest BCUT2D eigenvalue weighted by Gasteiger charge is 2.80. The predicted octanol–water partition coefficient (Wildman–Crippen LogP) is 4.14.